The van der Waals surface area contributed by atoms with Crippen LogP contribution in [0.2, 0.25) is 0 Å². The Hall–Kier alpha value is -3.26. The van der Waals surface area contributed by atoms with Crippen molar-refractivity contribution in [3.05, 3.63) is 59.9 Å². The van der Waals surface area contributed by atoms with Gasteiger partial charge in [-0.15, -0.1) is 0 Å². The number of phenolic OH excluding ortho intramolecular Hbond substituents is 1. The van der Waals surface area contributed by atoms with E-state index in [9.17, 15) is 40.2 Å². The molecule has 9 atom stereocenters. The lowest BCUT2D eigenvalue weighted by Gasteiger charge is -2.43. The van der Waals surface area contributed by atoms with Crippen molar-refractivity contribution in [2.75, 3.05) is 6.61 Å². The molecule has 12 nitrogen and oxygen atoms in total. The fourth-order valence-corrected chi connectivity index (χ4v) is 4.69. The number of carbonyl (C=O) groups is 2. The molecule has 37 heavy (non-hydrogen) atoms. The van der Waals surface area contributed by atoms with Gasteiger partial charge in [0.05, 0.1) is 30.5 Å². The Morgan fingerprint density at radius 3 is 2.46 bits per heavy atom. The third-order valence-electron chi connectivity index (χ3n) is 6.69. The van der Waals surface area contributed by atoms with Gasteiger partial charge in [-0.1, -0.05) is 18.7 Å². The number of rotatable bonds is 7. The van der Waals surface area contributed by atoms with E-state index >= 15 is 0 Å². The molecule has 1 saturated carbocycles. The topological polar surface area (TPSA) is 192 Å². The van der Waals surface area contributed by atoms with Crippen LogP contribution in [0.3, 0.4) is 0 Å². The molecule has 1 aromatic rings. The highest BCUT2D eigenvalue weighted by atomic mass is 16.8. The molecule has 0 radical (unpaired) electrons. The van der Waals surface area contributed by atoms with Gasteiger partial charge in [0.25, 0.3) is 0 Å². The molecule has 2 heterocycles. The van der Waals surface area contributed by atoms with E-state index in [-0.39, 0.29) is 23.3 Å². The number of phenols is 1. The lowest BCUT2D eigenvalue weighted by atomic mass is 9.85. The van der Waals surface area contributed by atoms with E-state index in [1.807, 2.05) is 0 Å². The first-order valence-electron chi connectivity index (χ1n) is 11.5. The number of hydrogen-bond donors (Lipinski definition) is 6. The molecule has 2 aliphatic heterocycles. The highest BCUT2D eigenvalue weighted by Gasteiger charge is 2.53. The summed E-state index contributed by atoms with van der Waals surface area (Å²) in [5.41, 5.74) is 0.782. The van der Waals surface area contributed by atoms with E-state index in [0.717, 1.165) is 12.3 Å². The molecule has 12 heteroatoms. The Kier molecular flexibility index (Phi) is 7.97. The van der Waals surface area contributed by atoms with Crippen LogP contribution >= 0.6 is 0 Å². The lowest BCUT2D eigenvalue weighted by molar-refractivity contribution is -0.340. The lowest BCUT2D eigenvalue weighted by Crippen LogP contribution is -2.61. The van der Waals surface area contributed by atoms with E-state index in [0.29, 0.717) is 5.56 Å². The highest BCUT2D eigenvalue weighted by molar-refractivity contribution is 5.88. The van der Waals surface area contributed by atoms with Crippen molar-refractivity contribution in [3.8, 4) is 5.75 Å². The monoisotopic (exact) mass is 520 g/mol. The first kappa shape index (κ1) is 26.8. The number of carbonyl (C=O) groups excluding carboxylic acids is 1. The zero-order chi connectivity index (χ0) is 26.9. The maximum atomic E-state index is 12.5. The SMILES string of the molecule is C=C1[C@H]2[C@H](O[C@@H]3O[C@H](CO)[C@@H](O)[C@H](O)[C@H]3OC(=O)/C=C/c3ccc(O)cc3)OC=C(C(=O)O)[C@H]2C[C@@H]1O. The Morgan fingerprint density at radius 2 is 1.81 bits per heavy atom. The quantitative estimate of drug-likeness (QED) is 0.156. The number of fused-ring (bicyclic) bond motifs is 1. The van der Waals surface area contributed by atoms with E-state index in [4.69, 9.17) is 18.9 Å². The summed E-state index contributed by atoms with van der Waals surface area (Å²) in [5.74, 6) is -3.57. The molecule has 0 spiro atoms. The zero-order valence-corrected chi connectivity index (χ0v) is 19.5. The fraction of sp³-hybridized carbons (Fsp3) is 0.440. The molecule has 0 unspecified atom stereocenters. The van der Waals surface area contributed by atoms with Crippen molar-refractivity contribution in [1.29, 1.82) is 0 Å². The normalized spacial score (nSPS) is 35.5. The van der Waals surface area contributed by atoms with Gasteiger partial charge in [-0.25, -0.2) is 9.59 Å². The van der Waals surface area contributed by atoms with E-state index < -0.39 is 73.5 Å². The molecule has 200 valence electrons. The second-order valence-electron chi connectivity index (χ2n) is 9.01. The number of aliphatic hydroxyl groups is 4. The molecule has 1 saturated heterocycles. The molecular weight excluding hydrogens is 492 g/mol. The van der Waals surface area contributed by atoms with Gasteiger partial charge in [0.1, 0.15) is 24.1 Å². The Labute approximate surface area is 211 Å². The van der Waals surface area contributed by atoms with Crippen molar-refractivity contribution in [1.82, 2.24) is 0 Å². The molecule has 4 rings (SSSR count). The zero-order valence-electron chi connectivity index (χ0n) is 19.5. The first-order valence-corrected chi connectivity index (χ1v) is 11.5. The van der Waals surface area contributed by atoms with Crippen LogP contribution in [0.4, 0.5) is 0 Å². The molecule has 0 amide bonds. The maximum absolute atomic E-state index is 12.5. The second kappa shape index (κ2) is 11.0. The number of esters is 1. The van der Waals surface area contributed by atoms with Gasteiger partial charge in [0.2, 0.25) is 12.6 Å². The number of ether oxygens (including phenoxy) is 4. The van der Waals surface area contributed by atoms with Gasteiger partial charge in [-0.2, -0.15) is 0 Å². The van der Waals surface area contributed by atoms with Gasteiger partial charge in [-0.05, 0) is 35.8 Å². The first-order chi connectivity index (χ1) is 17.6. The van der Waals surface area contributed by atoms with E-state index in [2.05, 4.69) is 6.58 Å². The van der Waals surface area contributed by atoms with Crippen molar-refractivity contribution < 1.29 is 59.2 Å². The van der Waals surface area contributed by atoms with Crippen molar-refractivity contribution >= 4 is 18.0 Å². The molecule has 0 bridgehead atoms. The highest BCUT2D eigenvalue weighted by Crippen LogP contribution is 2.46. The number of aromatic hydroxyl groups is 1. The van der Waals surface area contributed by atoms with Crippen LogP contribution in [0.25, 0.3) is 6.08 Å². The van der Waals surface area contributed by atoms with Gasteiger partial charge in [0, 0.05) is 12.0 Å². The van der Waals surface area contributed by atoms with Gasteiger partial charge < -0.3 is 49.6 Å². The van der Waals surface area contributed by atoms with Crippen molar-refractivity contribution in [2.45, 2.75) is 49.5 Å². The van der Waals surface area contributed by atoms with Gasteiger partial charge in [0.15, 0.2) is 6.10 Å². The molecule has 1 aliphatic carbocycles. The number of benzene rings is 1. The molecule has 1 aromatic carbocycles. The summed E-state index contributed by atoms with van der Waals surface area (Å²) in [6.07, 6.45) is -6.44. The number of aliphatic hydroxyl groups excluding tert-OH is 4. The van der Waals surface area contributed by atoms with Crippen LogP contribution in [0, 0.1) is 11.8 Å². The summed E-state index contributed by atoms with van der Waals surface area (Å²) in [4.78, 5) is 24.2. The van der Waals surface area contributed by atoms with Crippen LogP contribution in [0.15, 0.2) is 54.3 Å². The van der Waals surface area contributed by atoms with Crippen molar-refractivity contribution in [2.24, 2.45) is 11.8 Å². The predicted octanol–water partition coefficient (Wildman–Crippen LogP) is -0.349. The van der Waals surface area contributed by atoms with E-state index in [1.165, 1.54) is 18.2 Å². The largest absolute Gasteiger partial charge is 0.508 e. The standard InChI is InChI=1S/C25H28O12/c1-11-16(28)8-14-15(23(32)33)10-34-24(19(11)14)37-25-22(21(31)20(30)17(9-26)35-25)36-18(29)7-4-12-2-5-13(27)6-3-12/h2-7,10,14,16-17,19-22,24-28,30-31H,1,8-9H2,(H,32,33)/b7-4+/t14-,16+,17-,19-,20-,21+,22-,24+,25+/m1/s1. The second-order valence-corrected chi connectivity index (χ2v) is 9.01. The third-order valence-corrected chi connectivity index (χ3v) is 6.69. The van der Waals surface area contributed by atoms with Crippen LogP contribution in [0.5, 0.6) is 5.75 Å². The third kappa shape index (κ3) is 5.54. The number of aliphatic carboxylic acids is 1. The Balaban J connectivity index is 1.54. The summed E-state index contributed by atoms with van der Waals surface area (Å²) < 4.78 is 22.3. The summed E-state index contributed by atoms with van der Waals surface area (Å²) >= 11 is 0. The average Bonchev–Trinajstić information content (AvgIpc) is 3.17. The Morgan fingerprint density at radius 1 is 1.11 bits per heavy atom. The predicted molar refractivity (Wildman–Crippen MR) is 123 cm³/mol. The molecular formula is C25H28O12. The molecule has 0 aromatic heterocycles. The summed E-state index contributed by atoms with van der Waals surface area (Å²) in [6.45, 7) is 3.14. The Bertz CT molecular complexity index is 1080. The van der Waals surface area contributed by atoms with Gasteiger partial charge >= 0.3 is 11.9 Å². The molecule has 3 aliphatic rings. The minimum atomic E-state index is -1.72. The summed E-state index contributed by atoms with van der Waals surface area (Å²) in [7, 11) is 0. The summed E-state index contributed by atoms with van der Waals surface area (Å²) in [5, 5.41) is 59.7. The number of carboxylic acids is 1. The van der Waals surface area contributed by atoms with Crippen LogP contribution in [0.1, 0.15) is 12.0 Å². The van der Waals surface area contributed by atoms with E-state index in [1.54, 1.807) is 12.1 Å². The summed E-state index contributed by atoms with van der Waals surface area (Å²) in [6, 6.07) is 5.96. The van der Waals surface area contributed by atoms with Gasteiger partial charge in [-0.3, -0.25) is 0 Å². The number of carboxylic acid groups (broad SMARTS) is 1. The van der Waals surface area contributed by atoms with Crippen LogP contribution in [-0.4, -0.2) is 92.3 Å². The molecule has 2 fully saturated rings. The maximum Gasteiger partial charge on any atom is 0.334 e. The smallest absolute Gasteiger partial charge is 0.334 e. The van der Waals surface area contributed by atoms with Crippen molar-refractivity contribution in [3.63, 3.8) is 0 Å². The minimum Gasteiger partial charge on any atom is -0.508 e. The molecule has 6 N–H and O–H groups in total. The van der Waals surface area contributed by atoms with Crippen LogP contribution in [-0.2, 0) is 28.5 Å². The average molecular weight is 520 g/mol. The minimum absolute atomic E-state index is 0.0459. The fourth-order valence-electron chi connectivity index (χ4n) is 4.69. The number of hydrogen-bond acceptors (Lipinski definition) is 11. The van der Waals surface area contributed by atoms with Crippen LogP contribution < -0.4 is 0 Å².